The topological polar surface area (TPSA) is 43.2 Å². The fourth-order valence-corrected chi connectivity index (χ4v) is 5.08. The maximum absolute atomic E-state index is 6.22. The molecule has 2 aromatic heterocycles. The zero-order valence-corrected chi connectivity index (χ0v) is 22.1. The monoisotopic (exact) mass is 655 g/mol. The minimum atomic E-state index is 0. The van der Waals surface area contributed by atoms with Gasteiger partial charge in [0.15, 0.2) is 0 Å². The third kappa shape index (κ3) is 4.52. The number of ether oxygens (including phenoxy) is 1. The summed E-state index contributed by atoms with van der Waals surface area (Å²) in [4.78, 5) is 9.01. The van der Waals surface area contributed by atoms with Crippen LogP contribution in [0.4, 0.5) is 17.2 Å². The Hall–Kier alpha value is -3.34. The molecule has 5 nitrogen and oxygen atoms in total. The Balaban J connectivity index is 0.00000253. The first kappa shape index (κ1) is 23.4. The summed E-state index contributed by atoms with van der Waals surface area (Å²) in [6.07, 6.45) is 1.80. The van der Waals surface area contributed by atoms with Gasteiger partial charge in [-0.2, -0.15) is 29.0 Å². The van der Waals surface area contributed by atoms with E-state index in [1.165, 1.54) is 4.90 Å². The Morgan fingerprint density at radius 1 is 0.829 bits per heavy atom. The van der Waals surface area contributed by atoms with Gasteiger partial charge in [0.05, 0.1) is 11.4 Å². The van der Waals surface area contributed by atoms with Gasteiger partial charge in [-0.15, -0.1) is 30.3 Å². The molecule has 6 rings (SSSR count). The van der Waals surface area contributed by atoms with Crippen molar-refractivity contribution >= 4 is 29.0 Å². The third-order valence-corrected chi connectivity index (χ3v) is 6.61. The van der Waals surface area contributed by atoms with Crippen molar-refractivity contribution < 1.29 is 25.8 Å². The molecule has 0 unspecified atom stereocenters. The molecule has 0 bridgehead atoms. The maximum Gasteiger partial charge on any atom is 2.00 e. The molecule has 7 heteroatoms. The number of benzene rings is 3. The number of hydrogen-bond acceptors (Lipinski definition) is 5. The molecule has 1 aliphatic heterocycles. The SMILES string of the molecule is Cc1cc(C)n(-c2[c-]c(Oc3[c-]c4c(cc3)Sc3ccccc3N4c3ccccn3)ccc2)n1.[Pt+2]. The second-order valence-corrected chi connectivity index (χ2v) is 9.05. The zero-order chi connectivity index (χ0) is 23.1. The Morgan fingerprint density at radius 2 is 1.66 bits per heavy atom. The van der Waals surface area contributed by atoms with E-state index in [9.17, 15) is 0 Å². The molecule has 0 fully saturated rings. The standard InChI is InChI=1S/C28H20N4OS.Pt/c1-19-16-20(2)32(30-19)21-8-7-9-22(17-21)33-23-13-14-27-25(18-23)31(28-12-5-6-15-29-28)24-10-3-4-11-26(24)34-27;/h3-16H,1-2H3;/q-2;+2. The Labute approximate surface area is 223 Å². The van der Waals surface area contributed by atoms with Gasteiger partial charge in [-0.3, -0.25) is 4.68 Å². The fourth-order valence-electron chi connectivity index (χ4n) is 4.06. The number of para-hydroxylation sites is 1. The predicted octanol–water partition coefficient (Wildman–Crippen LogP) is 7.21. The molecule has 0 radical (unpaired) electrons. The van der Waals surface area contributed by atoms with Crippen LogP contribution in [0.2, 0.25) is 0 Å². The van der Waals surface area contributed by atoms with Crippen LogP contribution in [0.5, 0.6) is 11.5 Å². The molecule has 0 amide bonds. The Morgan fingerprint density at radius 3 is 2.46 bits per heavy atom. The van der Waals surface area contributed by atoms with Crippen LogP contribution in [-0.2, 0) is 21.1 Å². The summed E-state index contributed by atoms with van der Waals surface area (Å²) in [5, 5.41) is 4.56. The van der Waals surface area contributed by atoms with Gasteiger partial charge in [0.2, 0.25) is 0 Å². The molecule has 0 saturated carbocycles. The maximum atomic E-state index is 6.22. The van der Waals surface area contributed by atoms with E-state index >= 15 is 0 Å². The summed E-state index contributed by atoms with van der Waals surface area (Å²) in [5.41, 5.74) is 4.83. The molecule has 1 aliphatic rings. The number of anilines is 3. The van der Waals surface area contributed by atoms with Gasteiger partial charge in [0, 0.05) is 28.3 Å². The number of aryl methyl sites for hydroxylation is 2. The van der Waals surface area contributed by atoms with Crippen molar-refractivity contribution in [1.82, 2.24) is 14.8 Å². The van der Waals surface area contributed by atoms with Crippen LogP contribution in [0.25, 0.3) is 5.69 Å². The van der Waals surface area contributed by atoms with Gasteiger partial charge in [-0.05, 0) is 55.6 Å². The summed E-state index contributed by atoms with van der Waals surface area (Å²) in [6.45, 7) is 4.01. The summed E-state index contributed by atoms with van der Waals surface area (Å²) in [5.74, 6) is 2.05. The van der Waals surface area contributed by atoms with Crippen molar-refractivity contribution in [3.63, 3.8) is 0 Å². The van der Waals surface area contributed by atoms with Gasteiger partial charge in [-0.1, -0.05) is 23.1 Å². The minimum absolute atomic E-state index is 0. The van der Waals surface area contributed by atoms with Crippen molar-refractivity contribution in [3.05, 3.63) is 109 Å². The molecule has 0 N–H and O–H groups in total. The number of rotatable bonds is 4. The number of fused-ring (bicyclic) bond motifs is 2. The number of nitrogens with zero attached hydrogens (tertiary/aromatic N) is 4. The van der Waals surface area contributed by atoms with Gasteiger partial charge in [0.25, 0.3) is 0 Å². The largest absolute Gasteiger partial charge is 2.00 e. The van der Waals surface area contributed by atoms with Crippen LogP contribution in [0, 0.1) is 26.0 Å². The first-order valence-electron chi connectivity index (χ1n) is 10.9. The van der Waals surface area contributed by atoms with Crippen LogP contribution in [0.15, 0.2) is 94.9 Å². The van der Waals surface area contributed by atoms with E-state index in [1.54, 1.807) is 18.0 Å². The van der Waals surface area contributed by atoms with Crippen molar-refractivity contribution in [3.8, 4) is 17.2 Å². The van der Waals surface area contributed by atoms with Crippen molar-refractivity contribution in [2.75, 3.05) is 4.90 Å². The normalized spacial score (nSPS) is 11.9. The molecule has 3 aromatic carbocycles. The molecular formula is C28H20N4OPtS. The van der Waals surface area contributed by atoms with Crippen LogP contribution in [-0.4, -0.2) is 14.8 Å². The van der Waals surface area contributed by atoms with Gasteiger partial charge < -0.3 is 9.64 Å². The van der Waals surface area contributed by atoms with Gasteiger partial charge in [0.1, 0.15) is 5.82 Å². The van der Waals surface area contributed by atoms with Crippen LogP contribution in [0.3, 0.4) is 0 Å². The van der Waals surface area contributed by atoms with Gasteiger partial charge >= 0.3 is 21.1 Å². The van der Waals surface area contributed by atoms with Crippen molar-refractivity contribution in [1.29, 1.82) is 0 Å². The van der Waals surface area contributed by atoms with E-state index in [-0.39, 0.29) is 21.1 Å². The number of aromatic nitrogens is 3. The molecule has 0 atom stereocenters. The Bertz CT molecular complexity index is 1500. The smallest absolute Gasteiger partial charge is 0.509 e. The van der Waals surface area contributed by atoms with Gasteiger partial charge in [-0.25, -0.2) is 4.98 Å². The summed E-state index contributed by atoms with van der Waals surface area (Å²) < 4.78 is 8.09. The van der Waals surface area contributed by atoms with E-state index in [4.69, 9.17) is 4.74 Å². The minimum Gasteiger partial charge on any atom is -0.509 e. The fraction of sp³-hybridized carbons (Fsp3) is 0.0714. The first-order chi connectivity index (χ1) is 16.7. The summed E-state index contributed by atoms with van der Waals surface area (Å²) in [7, 11) is 0. The van der Waals surface area contributed by atoms with Crippen LogP contribution >= 0.6 is 11.8 Å². The molecule has 3 heterocycles. The average Bonchev–Trinajstić information content (AvgIpc) is 3.21. The third-order valence-electron chi connectivity index (χ3n) is 5.50. The van der Waals surface area contributed by atoms with E-state index in [2.05, 4.69) is 51.4 Å². The van der Waals surface area contributed by atoms with E-state index < -0.39 is 0 Å². The predicted molar refractivity (Wildman–Crippen MR) is 134 cm³/mol. The summed E-state index contributed by atoms with van der Waals surface area (Å²) in [6, 6.07) is 32.9. The van der Waals surface area contributed by atoms with E-state index in [0.29, 0.717) is 11.5 Å². The zero-order valence-electron chi connectivity index (χ0n) is 19.0. The number of hydrogen-bond donors (Lipinski definition) is 0. The first-order valence-corrected chi connectivity index (χ1v) is 11.8. The molecule has 0 spiro atoms. The Kier molecular flexibility index (Phi) is 6.50. The van der Waals surface area contributed by atoms with Crippen LogP contribution in [0.1, 0.15) is 11.4 Å². The molecular weight excluding hydrogens is 635 g/mol. The molecule has 0 saturated heterocycles. The summed E-state index contributed by atoms with van der Waals surface area (Å²) >= 11 is 1.72. The quantitative estimate of drug-likeness (QED) is 0.188. The van der Waals surface area contributed by atoms with Crippen molar-refractivity contribution in [2.45, 2.75) is 23.6 Å². The van der Waals surface area contributed by atoms with Crippen molar-refractivity contribution in [2.24, 2.45) is 0 Å². The van der Waals surface area contributed by atoms with Crippen LogP contribution < -0.4 is 9.64 Å². The average molecular weight is 656 g/mol. The molecule has 174 valence electrons. The van der Waals surface area contributed by atoms with E-state index in [0.717, 1.165) is 39.2 Å². The molecule has 5 aromatic rings. The number of pyridine rings is 1. The molecule has 35 heavy (non-hydrogen) atoms. The van der Waals surface area contributed by atoms with E-state index in [1.807, 2.05) is 73.1 Å². The molecule has 0 aliphatic carbocycles. The second kappa shape index (κ2) is 9.73. The second-order valence-electron chi connectivity index (χ2n) is 7.97.